The van der Waals surface area contributed by atoms with Gasteiger partial charge in [-0.15, -0.1) is 0 Å². The topological polar surface area (TPSA) is 96.0 Å². The van der Waals surface area contributed by atoms with Crippen molar-refractivity contribution >= 4 is 27.5 Å². The van der Waals surface area contributed by atoms with Crippen LogP contribution in [0.1, 0.15) is 38.3 Å². The van der Waals surface area contributed by atoms with E-state index < -0.39 is 28.5 Å². The number of carbonyl (C=O) groups is 2. The van der Waals surface area contributed by atoms with Crippen molar-refractivity contribution in [3.05, 3.63) is 59.7 Å². The van der Waals surface area contributed by atoms with Crippen LogP contribution in [0, 0.1) is 0 Å². The number of carbonyl (C=O) groups excluding carboxylic acids is 2. The van der Waals surface area contributed by atoms with E-state index in [-0.39, 0.29) is 12.5 Å². The van der Waals surface area contributed by atoms with Crippen molar-refractivity contribution in [1.29, 1.82) is 0 Å². The molecule has 1 N–H and O–H groups in total. The summed E-state index contributed by atoms with van der Waals surface area (Å²) >= 11 is 0. The maximum absolute atomic E-state index is 13.6. The molecule has 0 fully saturated rings. The van der Waals surface area contributed by atoms with Crippen LogP contribution in [0.3, 0.4) is 0 Å². The van der Waals surface area contributed by atoms with E-state index in [1.54, 1.807) is 44.4 Å². The molecule has 1 atom stereocenters. The lowest BCUT2D eigenvalue weighted by molar-refractivity contribution is -0.139. The molecule has 0 aliphatic rings. The SMILES string of the molecule is CCCNC(=O)[C@H](C)N(Cc1cccc(OC)c1)C(=O)CN(c1ccccc1CC)S(C)(=O)=O. The van der Waals surface area contributed by atoms with Gasteiger partial charge in [-0.1, -0.05) is 44.2 Å². The Hall–Kier alpha value is -3.07. The highest BCUT2D eigenvalue weighted by Gasteiger charge is 2.30. The Kier molecular flexibility index (Phi) is 9.92. The molecule has 2 aromatic carbocycles. The number of sulfonamides is 1. The quantitative estimate of drug-likeness (QED) is 0.495. The highest BCUT2D eigenvalue weighted by atomic mass is 32.2. The van der Waals surface area contributed by atoms with Gasteiger partial charge in [-0.3, -0.25) is 13.9 Å². The Morgan fingerprint density at radius 1 is 1.09 bits per heavy atom. The Morgan fingerprint density at radius 2 is 1.79 bits per heavy atom. The monoisotopic (exact) mass is 489 g/mol. The molecule has 9 heteroatoms. The molecule has 0 aliphatic carbocycles. The number of para-hydroxylation sites is 1. The van der Waals surface area contributed by atoms with Crippen LogP contribution in [-0.4, -0.2) is 57.6 Å². The summed E-state index contributed by atoms with van der Waals surface area (Å²) in [5.41, 5.74) is 2.04. The van der Waals surface area contributed by atoms with Crippen molar-refractivity contribution in [2.45, 2.75) is 46.2 Å². The number of anilines is 1. The molecule has 0 aliphatic heterocycles. The van der Waals surface area contributed by atoms with Crippen molar-refractivity contribution in [2.24, 2.45) is 0 Å². The second-order valence-electron chi connectivity index (χ2n) is 8.09. The minimum atomic E-state index is -3.76. The number of amides is 2. The summed E-state index contributed by atoms with van der Waals surface area (Å²) < 4.78 is 31.8. The van der Waals surface area contributed by atoms with E-state index >= 15 is 0 Å². The molecule has 2 aromatic rings. The van der Waals surface area contributed by atoms with Crippen LogP contribution >= 0.6 is 0 Å². The first-order chi connectivity index (χ1) is 16.1. The number of benzene rings is 2. The smallest absolute Gasteiger partial charge is 0.244 e. The Balaban J connectivity index is 2.42. The summed E-state index contributed by atoms with van der Waals surface area (Å²) in [5.74, 6) is -0.140. The van der Waals surface area contributed by atoms with Gasteiger partial charge < -0.3 is 15.0 Å². The maximum Gasteiger partial charge on any atom is 0.244 e. The van der Waals surface area contributed by atoms with Crippen LogP contribution in [0.4, 0.5) is 5.69 Å². The average molecular weight is 490 g/mol. The van der Waals surface area contributed by atoms with E-state index in [1.807, 2.05) is 32.0 Å². The lowest BCUT2D eigenvalue weighted by Crippen LogP contribution is -2.51. The van der Waals surface area contributed by atoms with Gasteiger partial charge in [0, 0.05) is 13.1 Å². The van der Waals surface area contributed by atoms with E-state index in [1.165, 1.54) is 4.90 Å². The zero-order valence-electron chi connectivity index (χ0n) is 20.6. The van der Waals surface area contributed by atoms with Gasteiger partial charge in [0.15, 0.2) is 0 Å². The molecular weight excluding hydrogens is 454 g/mol. The van der Waals surface area contributed by atoms with E-state index in [2.05, 4.69) is 5.32 Å². The Bertz CT molecular complexity index is 1090. The number of methoxy groups -OCH3 is 1. The molecule has 0 aromatic heterocycles. The fraction of sp³-hybridized carbons (Fsp3) is 0.440. The fourth-order valence-corrected chi connectivity index (χ4v) is 4.47. The number of nitrogens with zero attached hydrogens (tertiary/aromatic N) is 2. The highest BCUT2D eigenvalue weighted by Crippen LogP contribution is 2.24. The molecule has 0 unspecified atom stereocenters. The minimum Gasteiger partial charge on any atom is -0.497 e. The summed E-state index contributed by atoms with van der Waals surface area (Å²) in [6.07, 6.45) is 2.45. The third-order valence-corrected chi connectivity index (χ3v) is 6.65. The molecule has 0 spiro atoms. The summed E-state index contributed by atoms with van der Waals surface area (Å²) in [5, 5.41) is 2.82. The van der Waals surface area contributed by atoms with Gasteiger partial charge in [-0.05, 0) is 49.1 Å². The molecule has 0 heterocycles. The zero-order chi connectivity index (χ0) is 25.3. The average Bonchev–Trinajstić information content (AvgIpc) is 2.83. The number of aryl methyl sites for hydroxylation is 1. The predicted molar refractivity (Wildman–Crippen MR) is 134 cm³/mol. The third-order valence-electron chi connectivity index (χ3n) is 5.52. The van der Waals surface area contributed by atoms with E-state index in [4.69, 9.17) is 4.74 Å². The zero-order valence-corrected chi connectivity index (χ0v) is 21.4. The van der Waals surface area contributed by atoms with Gasteiger partial charge in [-0.25, -0.2) is 8.42 Å². The Morgan fingerprint density at radius 3 is 2.41 bits per heavy atom. The summed E-state index contributed by atoms with van der Waals surface area (Å²) in [6, 6.07) is 13.5. The standard InChI is InChI=1S/C25H35N3O5S/c1-6-15-26-25(30)19(3)27(17-20-11-10-13-22(16-20)33-4)24(29)18-28(34(5,31)32)23-14-9-8-12-21(23)7-2/h8-14,16,19H,6-7,15,17-18H2,1-5H3,(H,26,30)/t19-/m0/s1. The number of ether oxygens (including phenoxy) is 1. The van der Waals surface area contributed by atoms with E-state index in [9.17, 15) is 18.0 Å². The van der Waals surface area contributed by atoms with Crippen LogP contribution in [0.15, 0.2) is 48.5 Å². The van der Waals surface area contributed by atoms with Gasteiger partial charge >= 0.3 is 0 Å². The molecule has 0 saturated carbocycles. The molecule has 186 valence electrons. The first-order valence-corrected chi connectivity index (χ1v) is 13.2. The first-order valence-electron chi connectivity index (χ1n) is 11.4. The van der Waals surface area contributed by atoms with Crippen LogP contribution in [0.25, 0.3) is 0 Å². The lowest BCUT2D eigenvalue weighted by Gasteiger charge is -2.32. The van der Waals surface area contributed by atoms with Gasteiger partial charge in [0.25, 0.3) is 0 Å². The van der Waals surface area contributed by atoms with Crippen LogP contribution in [-0.2, 0) is 32.6 Å². The minimum absolute atomic E-state index is 0.129. The lowest BCUT2D eigenvalue weighted by atomic mass is 10.1. The van der Waals surface area contributed by atoms with Crippen molar-refractivity contribution < 1.29 is 22.7 Å². The second kappa shape index (κ2) is 12.4. The molecule has 2 rings (SSSR count). The molecule has 0 saturated heterocycles. The van der Waals surface area contributed by atoms with Gasteiger partial charge in [-0.2, -0.15) is 0 Å². The maximum atomic E-state index is 13.6. The molecule has 2 amide bonds. The first kappa shape index (κ1) is 27.2. The largest absolute Gasteiger partial charge is 0.497 e. The number of nitrogens with one attached hydrogen (secondary N) is 1. The second-order valence-corrected chi connectivity index (χ2v) is 10.00. The molecule has 34 heavy (non-hydrogen) atoms. The van der Waals surface area contributed by atoms with E-state index in [0.717, 1.165) is 28.1 Å². The number of rotatable bonds is 12. The number of hydrogen-bond donors (Lipinski definition) is 1. The van der Waals surface area contributed by atoms with E-state index in [0.29, 0.717) is 24.4 Å². The number of hydrogen-bond acceptors (Lipinski definition) is 5. The molecule has 8 nitrogen and oxygen atoms in total. The van der Waals surface area contributed by atoms with Crippen LogP contribution in [0.5, 0.6) is 5.75 Å². The van der Waals surface area contributed by atoms with Crippen LogP contribution < -0.4 is 14.4 Å². The van der Waals surface area contributed by atoms with Crippen molar-refractivity contribution in [3.8, 4) is 5.75 Å². The van der Waals surface area contributed by atoms with Crippen molar-refractivity contribution in [1.82, 2.24) is 10.2 Å². The summed E-state index contributed by atoms with van der Waals surface area (Å²) in [6.45, 7) is 5.72. The van der Waals surface area contributed by atoms with Crippen LogP contribution in [0.2, 0.25) is 0 Å². The normalized spacial score (nSPS) is 12.0. The van der Waals surface area contributed by atoms with Crippen molar-refractivity contribution in [3.63, 3.8) is 0 Å². The summed E-state index contributed by atoms with van der Waals surface area (Å²) in [4.78, 5) is 27.7. The third kappa shape index (κ3) is 7.21. The molecular formula is C25H35N3O5S. The fourth-order valence-electron chi connectivity index (χ4n) is 3.59. The predicted octanol–water partition coefficient (Wildman–Crippen LogP) is 2.97. The highest BCUT2D eigenvalue weighted by molar-refractivity contribution is 7.92. The molecule has 0 bridgehead atoms. The Labute approximate surface area is 202 Å². The summed E-state index contributed by atoms with van der Waals surface area (Å²) in [7, 11) is -2.20. The van der Waals surface area contributed by atoms with Crippen molar-refractivity contribution in [2.75, 3.05) is 30.8 Å². The van der Waals surface area contributed by atoms with Gasteiger partial charge in [0.1, 0.15) is 18.3 Å². The molecule has 0 radical (unpaired) electrons. The van der Waals surface area contributed by atoms with Gasteiger partial charge in [0.2, 0.25) is 21.8 Å². The van der Waals surface area contributed by atoms with Gasteiger partial charge in [0.05, 0.1) is 19.1 Å².